The number of fused-ring (bicyclic) bond motifs is 1. The molecule has 3 aromatic carbocycles. The molecule has 0 saturated carbocycles. The van der Waals surface area contributed by atoms with Crippen LogP contribution in [0.3, 0.4) is 0 Å². The summed E-state index contributed by atoms with van der Waals surface area (Å²) in [6, 6.07) is 17.8. The Morgan fingerprint density at radius 2 is 1.85 bits per heavy atom. The van der Waals surface area contributed by atoms with Gasteiger partial charge in [-0.05, 0) is 36.2 Å². The first-order valence-corrected chi connectivity index (χ1v) is 13.4. The van der Waals surface area contributed by atoms with E-state index in [4.69, 9.17) is 24.7 Å². The summed E-state index contributed by atoms with van der Waals surface area (Å²) in [6.07, 6.45) is 5.61. The minimum atomic E-state index is -0.892. The molecule has 3 aromatic rings. The van der Waals surface area contributed by atoms with Crippen molar-refractivity contribution < 1.29 is 28.7 Å². The first-order chi connectivity index (χ1) is 19.9. The summed E-state index contributed by atoms with van der Waals surface area (Å²) >= 11 is 0. The lowest BCUT2D eigenvalue weighted by molar-refractivity contribution is -0.385. The van der Waals surface area contributed by atoms with Crippen LogP contribution in [0.15, 0.2) is 72.1 Å². The Morgan fingerprint density at radius 3 is 2.59 bits per heavy atom. The number of hydrogen-bond acceptors (Lipinski definition) is 9. The number of nitriles is 1. The normalized spacial score (nSPS) is 13.9. The standard InChI is InChI=1S/C31H31N3O7/c1-3-4-5-6-9-16-39-26-15-12-20(17-28(26)38-2)29-23-14-13-21(18-27(23)41-30(33)24(29)19-32)40-31(35)22-10-7-8-11-25(22)34(36)37/h7-8,10-15,17-18,29H,3-6,9,16,33H2,1-2H3. The van der Waals surface area contributed by atoms with Gasteiger partial charge in [-0.15, -0.1) is 0 Å². The van der Waals surface area contributed by atoms with Gasteiger partial charge in [-0.25, -0.2) is 4.79 Å². The molecule has 0 saturated heterocycles. The van der Waals surface area contributed by atoms with Gasteiger partial charge in [0.05, 0.1) is 24.6 Å². The monoisotopic (exact) mass is 557 g/mol. The molecule has 0 aromatic heterocycles. The van der Waals surface area contributed by atoms with Crippen molar-refractivity contribution in [1.29, 1.82) is 5.26 Å². The molecule has 0 bridgehead atoms. The molecule has 1 unspecified atom stereocenters. The third kappa shape index (κ3) is 6.58. The summed E-state index contributed by atoms with van der Waals surface area (Å²) in [4.78, 5) is 23.4. The van der Waals surface area contributed by atoms with E-state index >= 15 is 0 Å². The van der Waals surface area contributed by atoms with Crippen LogP contribution in [0.5, 0.6) is 23.0 Å². The number of methoxy groups -OCH3 is 1. The molecule has 4 rings (SSSR count). The van der Waals surface area contributed by atoms with Crippen molar-refractivity contribution in [3.8, 4) is 29.1 Å². The lowest BCUT2D eigenvalue weighted by Gasteiger charge is -2.27. The fourth-order valence-corrected chi connectivity index (χ4v) is 4.68. The van der Waals surface area contributed by atoms with Crippen molar-refractivity contribution in [2.75, 3.05) is 13.7 Å². The first-order valence-electron chi connectivity index (χ1n) is 13.4. The van der Waals surface area contributed by atoms with Crippen LogP contribution in [0.4, 0.5) is 5.69 Å². The van der Waals surface area contributed by atoms with Crippen LogP contribution < -0.4 is 24.7 Å². The molecule has 0 aliphatic carbocycles. The molecule has 0 amide bonds. The number of rotatable bonds is 12. The second kappa shape index (κ2) is 13.3. The number of nitro groups is 1. The number of carbonyl (C=O) groups excluding carboxylic acids is 1. The van der Waals surface area contributed by atoms with Crippen molar-refractivity contribution in [3.05, 3.63) is 98.9 Å². The van der Waals surface area contributed by atoms with Gasteiger partial charge in [0.2, 0.25) is 5.88 Å². The van der Waals surface area contributed by atoms with Gasteiger partial charge in [0.1, 0.15) is 28.7 Å². The molecular weight excluding hydrogens is 526 g/mol. The quantitative estimate of drug-likeness (QED) is 0.0879. The SMILES string of the molecule is CCCCCCCOc1ccc(C2C(C#N)=C(N)Oc3cc(OC(=O)c4ccccc4[N+](=O)[O-])ccc32)cc1OC. The Morgan fingerprint density at radius 1 is 1.07 bits per heavy atom. The molecule has 41 heavy (non-hydrogen) atoms. The highest BCUT2D eigenvalue weighted by Gasteiger charge is 2.32. The van der Waals surface area contributed by atoms with Crippen LogP contribution >= 0.6 is 0 Å². The van der Waals surface area contributed by atoms with Crippen LogP contribution in [0.2, 0.25) is 0 Å². The van der Waals surface area contributed by atoms with Crippen molar-refractivity contribution in [2.24, 2.45) is 5.73 Å². The lowest BCUT2D eigenvalue weighted by atomic mass is 9.83. The summed E-state index contributed by atoms with van der Waals surface area (Å²) in [5.41, 5.74) is 7.15. The van der Waals surface area contributed by atoms with Crippen LogP contribution in [-0.4, -0.2) is 24.6 Å². The Labute approximate surface area is 238 Å². The Bertz CT molecular complexity index is 1510. The first kappa shape index (κ1) is 29.0. The van der Waals surface area contributed by atoms with E-state index in [1.807, 2.05) is 12.1 Å². The maximum atomic E-state index is 12.7. The van der Waals surface area contributed by atoms with Crippen molar-refractivity contribution in [2.45, 2.75) is 44.9 Å². The van der Waals surface area contributed by atoms with Crippen LogP contribution in [0.1, 0.15) is 66.4 Å². The number of nitrogens with zero attached hydrogens (tertiary/aromatic N) is 2. The summed E-state index contributed by atoms with van der Waals surface area (Å²) in [7, 11) is 1.55. The van der Waals surface area contributed by atoms with Crippen LogP contribution in [0, 0.1) is 21.4 Å². The number of allylic oxidation sites excluding steroid dienone is 1. The highest BCUT2D eigenvalue weighted by atomic mass is 16.6. The van der Waals surface area contributed by atoms with Gasteiger partial charge in [-0.1, -0.05) is 56.9 Å². The minimum absolute atomic E-state index is 0.0847. The number of hydrogen-bond donors (Lipinski definition) is 1. The Balaban J connectivity index is 1.59. The molecule has 1 atom stereocenters. The molecule has 10 heteroatoms. The van der Waals surface area contributed by atoms with Gasteiger partial charge in [0.25, 0.3) is 5.69 Å². The predicted octanol–water partition coefficient (Wildman–Crippen LogP) is 6.39. The molecule has 2 N–H and O–H groups in total. The molecule has 1 aliphatic heterocycles. The number of unbranched alkanes of at least 4 members (excludes halogenated alkanes) is 4. The fourth-order valence-electron chi connectivity index (χ4n) is 4.68. The minimum Gasteiger partial charge on any atom is -0.493 e. The van der Waals surface area contributed by atoms with Gasteiger partial charge in [-0.3, -0.25) is 10.1 Å². The third-order valence-corrected chi connectivity index (χ3v) is 6.75. The number of benzene rings is 3. The fraction of sp³-hybridized carbons (Fsp3) is 0.290. The molecule has 212 valence electrons. The van der Waals surface area contributed by atoms with Crippen molar-refractivity contribution in [3.63, 3.8) is 0 Å². The third-order valence-electron chi connectivity index (χ3n) is 6.75. The molecule has 0 radical (unpaired) electrons. The van der Waals surface area contributed by atoms with E-state index in [9.17, 15) is 20.2 Å². The van der Waals surface area contributed by atoms with Crippen LogP contribution in [-0.2, 0) is 0 Å². The van der Waals surface area contributed by atoms with E-state index in [1.54, 1.807) is 19.2 Å². The summed E-state index contributed by atoms with van der Waals surface area (Å²) in [5, 5.41) is 21.2. The average Bonchev–Trinajstić information content (AvgIpc) is 2.98. The number of esters is 1. The van der Waals surface area contributed by atoms with E-state index in [0.29, 0.717) is 23.7 Å². The highest BCUT2D eigenvalue weighted by Crippen LogP contribution is 2.45. The number of nitrogens with two attached hydrogens (primary N) is 1. The zero-order valence-electron chi connectivity index (χ0n) is 22.9. The zero-order valence-corrected chi connectivity index (χ0v) is 22.9. The summed E-state index contributed by atoms with van der Waals surface area (Å²) in [6.45, 7) is 2.75. The van der Waals surface area contributed by atoms with E-state index in [0.717, 1.165) is 18.4 Å². The van der Waals surface area contributed by atoms with E-state index in [-0.39, 0.29) is 34.2 Å². The number of ether oxygens (including phenoxy) is 4. The summed E-state index contributed by atoms with van der Waals surface area (Å²) < 4.78 is 22.7. The second-order valence-corrected chi connectivity index (χ2v) is 9.46. The number of nitro benzene ring substituents is 1. The zero-order chi connectivity index (χ0) is 29.4. The van der Waals surface area contributed by atoms with Gasteiger partial charge in [0, 0.05) is 17.7 Å². The molecule has 0 fully saturated rings. The maximum absolute atomic E-state index is 12.7. The molecular formula is C31H31N3O7. The van der Waals surface area contributed by atoms with Gasteiger partial charge >= 0.3 is 5.97 Å². The smallest absolute Gasteiger partial charge is 0.350 e. The average molecular weight is 558 g/mol. The Hall–Kier alpha value is -5.04. The largest absolute Gasteiger partial charge is 0.493 e. The van der Waals surface area contributed by atoms with E-state index in [1.165, 1.54) is 55.7 Å². The topological polar surface area (TPSA) is 147 Å². The van der Waals surface area contributed by atoms with Gasteiger partial charge < -0.3 is 24.7 Å². The van der Waals surface area contributed by atoms with Gasteiger partial charge in [-0.2, -0.15) is 5.26 Å². The predicted molar refractivity (Wildman–Crippen MR) is 151 cm³/mol. The molecule has 10 nitrogen and oxygen atoms in total. The van der Waals surface area contributed by atoms with Crippen molar-refractivity contribution in [1.82, 2.24) is 0 Å². The van der Waals surface area contributed by atoms with Gasteiger partial charge in [0.15, 0.2) is 11.5 Å². The molecule has 1 aliphatic rings. The molecule has 1 heterocycles. The van der Waals surface area contributed by atoms with E-state index < -0.39 is 16.8 Å². The van der Waals surface area contributed by atoms with Crippen molar-refractivity contribution >= 4 is 11.7 Å². The molecule has 0 spiro atoms. The number of carbonyl (C=O) groups is 1. The second-order valence-electron chi connectivity index (χ2n) is 9.46. The highest BCUT2D eigenvalue weighted by molar-refractivity contribution is 5.95. The number of para-hydroxylation sites is 1. The van der Waals surface area contributed by atoms with Crippen LogP contribution in [0.25, 0.3) is 0 Å². The lowest BCUT2D eigenvalue weighted by Crippen LogP contribution is -2.21. The maximum Gasteiger partial charge on any atom is 0.350 e. The van der Waals surface area contributed by atoms with E-state index in [2.05, 4.69) is 13.0 Å². The Kier molecular flexibility index (Phi) is 9.43. The summed E-state index contributed by atoms with van der Waals surface area (Å²) in [5.74, 6) is -0.0534.